The molecule has 2 rings (SSSR count). The first-order chi connectivity index (χ1) is 10.8. The Labute approximate surface area is 141 Å². The number of nitrogens with zero attached hydrogens (tertiary/aromatic N) is 1. The van der Waals surface area contributed by atoms with Gasteiger partial charge in [0, 0.05) is 17.5 Å². The predicted molar refractivity (Wildman–Crippen MR) is 93.3 cm³/mol. The van der Waals surface area contributed by atoms with Gasteiger partial charge in [-0.15, -0.1) is 11.3 Å². The van der Waals surface area contributed by atoms with Crippen molar-refractivity contribution in [3.8, 4) is 10.8 Å². The molecular weight excluding hydrogens is 310 g/mol. The van der Waals surface area contributed by atoms with Crippen molar-refractivity contribution < 1.29 is 9.21 Å². The third kappa shape index (κ3) is 4.91. The maximum Gasteiger partial charge on any atom is 0.226 e. The van der Waals surface area contributed by atoms with Gasteiger partial charge in [0.05, 0.1) is 12.1 Å². The van der Waals surface area contributed by atoms with E-state index in [4.69, 9.17) is 10.2 Å². The molecule has 2 heterocycles. The van der Waals surface area contributed by atoms with Crippen molar-refractivity contribution in [2.24, 2.45) is 11.7 Å². The average Bonchev–Trinajstić information content (AvgIpc) is 3.06. The van der Waals surface area contributed by atoms with Crippen molar-refractivity contribution in [1.29, 1.82) is 0 Å². The zero-order valence-electron chi connectivity index (χ0n) is 14.2. The van der Waals surface area contributed by atoms with Gasteiger partial charge in [0.2, 0.25) is 5.91 Å². The van der Waals surface area contributed by atoms with Gasteiger partial charge < -0.3 is 15.5 Å². The summed E-state index contributed by atoms with van der Waals surface area (Å²) in [6.07, 6.45) is 1.10. The molecule has 0 aromatic carbocycles. The van der Waals surface area contributed by atoms with Crippen LogP contribution in [-0.4, -0.2) is 23.0 Å². The molecule has 1 amide bonds. The molecule has 0 aliphatic rings. The van der Waals surface area contributed by atoms with Crippen LogP contribution in [0.4, 0.5) is 0 Å². The summed E-state index contributed by atoms with van der Waals surface area (Å²) < 4.78 is 5.56. The van der Waals surface area contributed by atoms with Crippen LogP contribution in [0.5, 0.6) is 0 Å². The van der Waals surface area contributed by atoms with Crippen molar-refractivity contribution in [3.63, 3.8) is 0 Å². The number of carbonyl (C=O) groups excluding carboxylic acids is 1. The second-order valence-electron chi connectivity index (χ2n) is 6.64. The summed E-state index contributed by atoms with van der Waals surface area (Å²) in [5.41, 5.74) is 6.22. The second kappa shape index (κ2) is 7.27. The average molecular weight is 335 g/mol. The smallest absolute Gasteiger partial charge is 0.226 e. The lowest BCUT2D eigenvalue weighted by atomic mass is 9.90. The van der Waals surface area contributed by atoms with E-state index in [9.17, 15) is 4.79 Å². The zero-order chi connectivity index (χ0) is 17.0. The lowest BCUT2D eigenvalue weighted by molar-refractivity contribution is -0.122. The Hall–Kier alpha value is -1.66. The molecule has 0 saturated carbocycles. The summed E-state index contributed by atoms with van der Waals surface area (Å²) in [4.78, 5) is 16.8. The van der Waals surface area contributed by atoms with E-state index >= 15 is 0 Å². The number of aromatic nitrogens is 1. The molecule has 3 N–H and O–H groups in total. The van der Waals surface area contributed by atoms with Crippen molar-refractivity contribution in [2.45, 2.75) is 46.1 Å². The first kappa shape index (κ1) is 17.7. The van der Waals surface area contributed by atoms with Crippen molar-refractivity contribution >= 4 is 17.2 Å². The van der Waals surface area contributed by atoms with Crippen molar-refractivity contribution in [1.82, 2.24) is 10.3 Å². The van der Waals surface area contributed by atoms with Crippen LogP contribution in [0.15, 0.2) is 21.9 Å². The van der Waals surface area contributed by atoms with Crippen LogP contribution in [0.25, 0.3) is 10.8 Å². The first-order valence-electron chi connectivity index (χ1n) is 7.83. The fourth-order valence-corrected chi connectivity index (χ4v) is 3.46. The summed E-state index contributed by atoms with van der Waals surface area (Å²) >= 11 is 1.48. The summed E-state index contributed by atoms with van der Waals surface area (Å²) in [6, 6.07) is 3.80. The number of hydrogen-bond acceptors (Lipinski definition) is 5. The monoisotopic (exact) mass is 335 g/mol. The lowest BCUT2D eigenvalue weighted by Crippen LogP contribution is -2.52. The van der Waals surface area contributed by atoms with Gasteiger partial charge in [-0.1, -0.05) is 13.8 Å². The Morgan fingerprint density at radius 2 is 2.22 bits per heavy atom. The zero-order valence-corrected chi connectivity index (χ0v) is 15.0. The molecule has 0 aliphatic heterocycles. The largest absolute Gasteiger partial charge is 0.459 e. The molecule has 0 bridgehead atoms. The minimum Gasteiger partial charge on any atom is -0.459 e. The van der Waals surface area contributed by atoms with Gasteiger partial charge in [-0.25, -0.2) is 4.98 Å². The number of furan rings is 1. The van der Waals surface area contributed by atoms with Crippen LogP contribution in [-0.2, 0) is 11.2 Å². The quantitative estimate of drug-likeness (QED) is 0.814. The standard InChI is InChI=1S/C17H25N3O2S/c1-11(2)8-17(4,10-18)20-15(21)7-13-9-23-16(19-13)14-6-5-12(3)22-14/h5-6,9,11H,7-8,10,18H2,1-4H3,(H,20,21). The van der Waals surface area contributed by atoms with Crippen LogP contribution in [0, 0.1) is 12.8 Å². The van der Waals surface area contributed by atoms with Crippen LogP contribution in [0.3, 0.4) is 0 Å². The van der Waals surface area contributed by atoms with Gasteiger partial charge in [-0.05, 0) is 38.3 Å². The van der Waals surface area contributed by atoms with E-state index in [1.165, 1.54) is 11.3 Å². The highest BCUT2D eigenvalue weighted by Gasteiger charge is 2.26. The topological polar surface area (TPSA) is 81.2 Å². The van der Waals surface area contributed by atoms with E-state index < -0.39 is 0 Å². The summed E-state index contributed by atoms with van der Waals surface area (Å²) in [5.74, 6) is 2.01. The van der Waals surface area contributed by atoms with E-state index in [-0.39, 0.29) is 17.9 Å². The number of carbonyl (C=O) groups is 1. The van der Waals surface area contributed by atoms with E-state index in [2.05, 4.69) is 24.1 Å². The Morgan fingerprint density at radius 3 is 2.78 bits per heavy atom. The highest BCUT2D eigenvalue weighted by molar-refractivity contribution is 7.13. The number of nitrogens with two attached hydrogens (primary N) is 1. The summed E-state index contributed by atoms with van der Waals surface area (Å²) in [6.45, 7) is 8.55. The molecule has 0 fully saturated rings. The maximum absolute atomic E-state index is 12.3. The lowest BCUT2D eigenvalue weighted by Gasteiger charge is -2.31. The molecule has 0 spiro atoms. The Balaban J connectivity index is 1.99. The molecule has 5 nitrogen and oxygen atoms in total. The molecule has 126 valence electrons. The van der Waals surface area contributed by atoms with Crippen molar-refractivity contribution in [2.75, 3.05) is 6.54 Å². The fourth-order valence-electron chi connectivity index (χ4n) is 2.68. The van der Waals surface area contributed by atoms with Gasteiger partial charge in [0.15, 0.2) is 10.8 Å². The van der Waals surface area contributed by atoms with Gasteiger partial charge >= 0.3 is 0 Å². The van der Waals surface area contributed by atoms with E-state index in [0.29, 0.717) is 12.5 Å². The van der Waals surface area contributed by atoms with Gasteiger partial charge in [0.1, 0.15) is 5.76 Å². The number of nitrogens with one attached hydrogen (secondary N) is 1. The van der Waals surface area contributed by atoms with Crippen LogP contribution >= 0.6 is 11.3 Å². The maximum atomic E-state index is 12.3. The molecule has 0 aliphatic carbocycles. The minimum atomic E-state index is -0.373. The fraction of sp³-hybridized carbons (Fsp3) is 0.529. The van der Waals surface area contributed by atoms with Crippen LogP contribution in [0.2, 0.25) is 0 Å². The number of thiazole rings is 1. The number of rotatable bonds is 7. The van der Waals surface area contributed by atoms with Crippen LogP contribution in [0.1, 0.15) is 38.6 Å². The van der Waals surface area contributed by atoms with E-state index in [1.54, 1.807) is 0 Å². The molecule has 2 aromatic rings. The highest BCUT2D eigenvalue weighted by atomic mass is 32.1. The SMILES string of the molecule is Cc1ccc(-c2nc(CC(=O)NC(C)(CN)CC(C)C)cs2)o1. The second-order valence-corrected chi connectivity index (χ2v) is 7.50. The third-order valence-corrected chi connectivity index (χ3v) is 4.50. The Kier molecular flexibility index (Phi) is 5.59. The third-order valence-electron chi connectivity index (χ3n) is 3.60. The van der Waals surface area contributed by atoms with Crippen LogP contribution < -0.4 is 11.1 Å². The number of hydrogen-bond donors (Lipinski definition) is 2. The molecule has 0 saturated heterocycles. The molecule has 2 aromatic heterocycles. The molecular formula is C17H25N3O2S. The predicted octanol–water partition coefficient (Wildman–Crippen LogP) is 3.13. The Bertz CT molecular complexity index is 662. The molecule has 23 heavy (non-hydrogen) atoms. The minimum absolute atomic E-state index is 0.0499. The first-order valence-corrected chi connectivity index (χ1v) is 8.71. The van der Waals surface area contributed by atoms with E-state index in [1.807, 2.05) is 31.4 Å². The molecule has 0 radical (unpaired) electrons. The summed E-state index contributed by atoms with van der Waals surface area (Å²) in [7, 11) is 0. The Morgan fingerprint density at radius 1 is 1.48 bits per heavy atom. The summed E-state index contributed by atoms with van der Waals surface area (Å²) in [5, 5.41) is 5.75. The van der Waals surface area contributed by atoms with Gasteiger partial charge in [-0.3, -0.25) is 4.79 Å². The highest BCUT2D eigenvalue weighted by Crippen LogP contribution is 2.25. The normalized spacial score (nSPS) is 14.0. The van der Waals surface area contributed by atoms with E-state index in [0.717, 1.165) is 28.6 Å². The number of aryl methyl sites for hydroxylation is 1. The van der Waals surface area contributed by atoms with Crippen molar-refractivity contribution in [3.05, 3.63) is 29.0 Å². The molecule has 1 unspecified atom stereocenters. The molecule has 6 heteroatoms. The van der Waals surface area contributed by atoms with Gasteiger partial charge in [0.25, 0.3) is 0 Å². The number of amides is 1. The molecule has 1 atom stereocenters. The van der Waals surface area contributed by atoms with Gasteiger partial charge in [-0.2, -0.15) is 0 Å².